The zero-order valence-corrected chi connectivity index (χ0v) is 16.1. The Kier molecular flexibility index (Phi) is 2.99. The summed E-state index contributed by atoms with van der Waals surface area (Å²) in [5.41, 5.74) is 7.32. The van der Waals surface area contributed by atoms with Crippen LogP contribution < -0.4 is 4.57 Å². The standard InChI is InChI=1S/C25H25N2/c1-17-10-11-25(2)16-26-12-6-5-8-22(26)20-13-19-18-7-3-4-9-23(18)27(15-17)24(19)14-21(20)25/h3-9,12-14,17H,10-11,15-16H2,1-2H3/q+1. The number of hydrogen-bond donors (Lipinski definition) is 0. The minimum Gasteiger partial charge on any atom is -0.340 e. The Hall–Kier alpha value is -2.61. The van der Waals surface area contributed by atoms with Gasteiger partial charge in [-0.15, -0.1) is 0 Å². The van der Waals surface area contributed by atoms with Gasteiger partial charge < -0.3 is 4.57 Å². The van der Waals surface area contributed by atoms with Gasteiger partial charge in [0.1, 0.15) is 0 Å². The minimum atomic E-state index is 0.197. The Balaban J connectivity index is 1.80. The zero-order valence-electron chi connectivity index (χ0n) is 16.1. The van der Waals surface area contributed by atoms with Crippen molar-refractivity contribution in [2.24, 2.45) is 5.92 Å². The Bertz CT molecular complexity index is 1220. The van der Waals surface area contributed by atoms with Gasteiger partial charge in [-0.05, 0) is 55.5 Å². The molecule has 0 fully saturated rings. The number of para-hydroxylation sites is 1. The number of nitrogens with zero attached hydrogens (tertiary/aromatic N) is 2. The predicted octanol–water partition coefficient (Wildman–Crippen LogP) is 5.45. The number of aromatic nitrogens is 2. The highest BCUT2D eigenvalue weighted by Gasteiger charge is 2.41. The van der Waals surface area contributed by atoms with Crippen LogP contribution in [0.4, 0.5) is 0 Å². The molecule has 2 aromatic heterocycles. The van der Waals surface area contributed by atoms with Gasteiger partial charge in [-0.2, -0.15) is 4.57 Å². The normalized spacial score (nSPS) is 23.9. The van der Waals surface area contributed by atoms with Crippen LogP contribution in [0.25, 0.3) is 33.1 Å². The molecule has 2 aliphatic rings. The van der Waals surface area contributed by atoms with Crippen LogP contribution in [0.1, 0.15) is 32.3 Å². The molecule has 4 heterocycles. The van der Waals surface area contributed by atoms with Gasteiger partial charge in [0.2, 0.25) is 5.69 Å². The van der Waals surface area contributed by atoms with Crippen LogP contribution in [0, 0.1) is 5.92 Å². The summed E-state index contributed by atoms with van der Waals surface area (Å²) < 4.78 is 5.05. The molecule has 0 spiro atoms. The minimum absolute atomic E-state index is 0.197. The molecule has 4 aromatic rings. The van der Waals surface area contributed by atoms with Gasteiger partial charge in [0.25, 0.3) is 0 Å². The van der Waals surface area contributed by atoms with Crippen LogP contribution in [0.15, 0.2) is 60.8 Å². The largest absolute Gasteiger partial charge is 0.340 e. The lowest BCUT2D eigenvalue weighted by Crippen LogP contribution is -2.49. The summed E-state index contributed by atoms with van der Waals surface area (Å²) >= 11 is 0. The molecular weight excluding hydrogens is 328 g/mol. The van der Waals surface area contributed by atoms with Gasteiger partial charge in [-0.3, -0.25) is 0 Å². The summed E-state index contributed by atoms with van der Waals surface area (Å²) in [5.74, 6) is 0.681. The molecular formula is C25H25N2+. The number of rotatable bonds is 0. The highest BCUT2D eigenvalue weighted by atomic mass is 15.0. The molecule has 0 N–H and O–H groups in total. The Morgan fingerprint density at radius 2 is 1.85 bits per heavy atom. The average molecular weight is 353 g/mol. The maximum absolute atomic E-state index is 2.58. The Morgan fingerprint density at radius 1 is 1.00 bits per heavy atom. The fraction of sp³-hybridized carbons (Fsp3) is 0.320. The van der Waals surface area contributed by atoms with Gasteiger partial charge in [0.15, 0.2) is 12.7 Å². The zero-order chi connectivity index (χ0) is 18.2. The molecule has 134 valence electrons. The van der Waals surface area contributed by atoms with Crippen molar-refractivity contribution < 1.29 is 4.57 Å². The SMILES string of the molecule is CC1CCC2(C)C[n+]3ccccc3-c3cc4c5ccccc5n(c4cc32)C1. The topological polar surface area (TPSA) is 8.81 Å². The summed E-state index contributed by atoms with van der Waals surface area (Å²) in [5, 5.41) is 2.79. The van der Waals surface area contributed by atoms with E-state index >= 15 is 0 Å². The van der Waals surface area contributed by atoms with Crippen molar-refractivity contribution >= 4 is 21.8 Å². The summed E-state index contributed by atoms with van der Waals surface area (Å²) in [6.07, 6.45) is 4.77. The smallest absolute Gasteiger partial charge is 0.212 e. The van der Waals surface area contributed by atoms with E-state index in [0.29, 0.717) is 5.92 Å². The van der Waals surface area contributed by atoms with Crippen molar-refractivity contribution in [1.29, 1.82) is 0 Å². The molecule has 2 bridgehead atoms. The van der Waals surface area contributed by atoms with Gasteiger partial charge in [-0.25, -0.2) is 0 Å². The fourth-order valence-corrected chi connectivity index (χ4v) is 5.50. The average Bonchev–Trinajstić information content (AvgIpc) is 3.00. The molecule has 2 nitrogen and oxygen atoms in total. The molecule has 0 amide bonds. The second kappa shape index (κ2) is 5.22. The maximum Gasteiger partial charge on any atom is 0.212 e. The lowest BCUT2D eigenvalue weighted by Gasteiger charge is -2.33. The van der Waals surface area contributed by atoms with Gasteiger partial charge in [-0.1, -0.05) is 25.1 Å². The lowest BCUT2D eigenvalue weighted by atomic mass is 9.72. The fourth-order valence-electron chi connectivity index (χ4n) is 5.50. The molecule has 0 aliphatic carbocycles. The van der Waals surface area contributed by atoms with Crippen LogP contribution in [-0.4, -0.2) is 4.57 Å². The van der Waals surface area contributed by atoms with Crippen LogP contribution in [0.5, 0.6) is 0 Å². The molecule has 2 aliphatic heterocycles. The van der Waals surface area contributed by atoms with Crippen LogP contribution in [0.3, 0.4) is 0 Å². The second-order valence-corrected chi connectivity index (χ2v) is 8.96. The van der Waals surface area contributed by atoms with Crippen molar-refractivity contribution in [2.75, 3.05) is 0 Å². The molecule has 6 rings (SSSR count). The summed E-state index contributed by atoms with van der Waals surface area (Å²) in [6, 6.07) is 20.6. The van der Waals surface area contributed by atoms with E-state index in [1.807, 2.05) is 0 Å². The van der Waals surface area contributed by atoms with Gasteiger partial charge >= 0.3 is 0 Å². The quantitative estimate of drug-likeness (QED) is 0.372. The second-order valence-electron chi connectivity index (χ2n) is 8.96. The molecule has 2 unspecified atom stereocenters. The number of pyridine rings is 1. The summed E-state index contributed by atoms with van der Waals surface area (Å²) in [6.45, 7) is 7.09. The predicted molar refractivity (Wildman–Crippen MR) is 111 cm³/mol. The number of fused-ring (bicyclic) bond motifs is 5. The van der Waals surface area contributed by atoms with E-state index in [1.165, 1.54) is 45.9 Å². The number of benzene rings is 2. The Labute approximate surface area is 160 Å². The highest BCUT2D eigenvalue weighted by molar-refractivity contribution is 6.09. The van der Waals surface area contributed by atoms with Crippen molar-refractivity contribution in [3.8, 4) is 11.3 Å². The third-order valence-corrected chi connectivity index (χ3v) is 6.98. The van der Waals surface area contributed by atoms with Crippen LogP contribution in [0.2, 0.25) is 0 Å². The molecule has 0 saturated heterocycles. The van der Waals surface area contributed by atoms with Crippen LogP contribution in [-0.2, 0) is 18.5 Å². The number of hydrogen-bond acceptors (Lipinski definition) is 0. The first kappa shape index (κ1) is 15.4. The van der Waals surface area contributed by atoms with Crippen molar-refractivity contribution in [3.05, 3.63) is 66.4 Å². The van der Waals surface area contributed by atoms with Crippen LogP contribution >= 0.6 is 0 Å². The molecule has 0 radical (unpaired) electrons. The van der Waals surface area contributed by atoms with E-state index in [9.17, 15) is 0 Å². The van der Waals surface area contributed by atoms with E-state index in [1.54, 1.807) is 5.56 Å². The molecule has 0 saturated carbocycles. The van der Waals surface area contributed by atoms with E-state index in [4.69, 9.17) is 0 Å². The molecule has 27 heavy (non-hydrogen) atoms. The van der Waals surface area contributed by atoms with E-state index in [0.717, 1.165) is 13.1 Å². The molecule has 2 aromatic carbocycles. The first-order valence-electron chi connectivity index (χ1n) is 10.2. The van der Waals surface area contributed by atoms with Crippen molar-refractivity contribution in [2.45, 2.75) is 45.2 Å². The Morgan fingerprint density at radius 3 is 2.78 bits per heavy atom. The van der Waals surface area contributed by atoms with Gasteiger partial charge in [0.05, 0.1) is 11.0 Å². The first-order chi connectivity index (χ1) is 13.1. The lowest BCUT2D eigenvalue weighted by molar-refractivity contribution is -0.696. The van der Waals surface area contributed by atoms with E-state index in [2.05, 4.69) is 83.8 Å². The summed E-state index contributed by atoms with van der Waals surface area (Å²) in [4.78, 5) is 0. The van der Waals surface area contributed by atoms with E-state index in [-0.39, 0.29) is 5.41 Å². The first-order valence-corrected chi connectivity index (χ1v) is 10.2. The monoisotopic (exact) mass is 353 g/mol. The van der Waals surface area contributed by atoms with Crippen molar-refractivity contribution in [3.63, 3.8) is 0 Å². The maximum atomic E-state index is 2.58. The van der Waals surface area contributed by atoms with Crippen molar-refractivity contribution in [1.82, 2.24) is 4.57 Å². The highest BCUT2D eigenvalue weighted by Crippen LogP contribution is 2.45. The van der Waals surface area contributed by atoms with Gasteiger partial charge in [0, 0.05) is 40.5 Å². The third-order valence-electron chi connectivity index (χ3n) is 6.98. The van der Waals surface area contributed by atoms with E-state index < -0.39 is 0 Å². The third kappa shape index (κ3) is 2.04. The molecule has 2 atom stereocenters. The summed E-state index contributed by atoms with van der Waals surface area (Å²) in [7, 11) is 0. The molecule has 2 heteroatoms.